The molecule has 1 aliphatic carbocycles. The van der Waals surface area contributed by atoms with Crippen molar-refractivity contribution in [3.63, 3.8) is 0 Å². The number of nitrogens with one attached hydrogen (secondary N) is 1. The Morgan fingerprint density at radius 3 is 3.11 bits per heavy atom. The quantitative estimate of drug-likeness (QED) is 0.855. The summed E-state index contributed by atoms with van der Waals surface area (Å²) in [4.78, 5) is 14.9. The predicted octanol–water partition coefficient (Wildman–Crippen LogP) is 2.15. The van der Waals surface area contributed by atoms with Gasteiger partial charge in [0, 0.05) is 17.8 Å². The molecule has 2 rings (SSSR count). The summed E-state index contributed by atoms with van der Waals surface area (Å²) in [6.45, 7) is 0.642. The van der Waals surface area contributed by atoms with Crippen LogP contribution in [-0.4, -0.2) is 33.6 Å². The fraction of sp³-hybridized carbons (Fsp3) is 0.538. The molecule has 98 valence electrons. The van der Waals surface area contributed by atoms with Gasteiger partial charge in [-0.05, 0) is 31.2 Å². The van der Waals surface area contributed by atoms with E-state index in [4.69, 9.17) is 5.11 Å². The lowest BCUT2D eigenvalue weighted by Gasteiger charge is -2.18. The second-order valence-electron chi connectivity index (χ2n) is 4.51. The van der Waals surface area contributed by atoms with E-state index in [9.17, 15) is 4.79 Å². The minimum absolute atomic E-state index is 0.113. The average Bonchev–Trinajstić information content (AvgIpc) is 2.84. The van der Waals surface area contributed by atoms with Gasteiger partial charge >= 0.3 is 5.97 Å². The van der Waals surface area contributed by atoms with E-state index >= 15 is 0 Å². The maximum Gasteiger partial charge on any atom is 0.354 e. The van der Waals surface area contributed by atoms with Gasteiger partial charge in [0.15, 0.2) is 0 Å². The van der Waals surface area contributed by atoms with Crippen molar-refractivity contribution in [1.29, 1.82) is 0 Å². The van der Waals surface area contributed by atoms with Crippen molar-refractivity contribution < 1.29 is 9.90 Å². The zero-order valence-corrected chi connectivity index (χ0v) is 11.2. The van der Waals surface area contributed by atoms with E-state index in [2.05, 4.69) is 16.6 Å². The topological polar surface area (TPSA) is 62.2 Å². The van der Waals surface area contributed by atoms with Crippen molar-refractivity contribution in [1.82, 2.24) is 10.3 Å². The number of carbonyl (C=O) groups is 1. The summed E-state index contributed by atoms with van der Waals surface area (Å²) in [5.41, 5.74) is 0.906. The molecule has 1 fully saturated rings. The number of hydrogen-bond acceptors (Lipinski definition) is 4. The van der Waals surface area contributed by atoms with Crippen LogP contribution in [0.4, 0.5) is 0 Å². The average molecular weight is 266 g/mol. The summed E-state index contributed by atoms with van der Waals surface area (Å²) in [6.07, 6.45) is 5.88. The Morgan fingerprint density at radius 2 is 2.39 bits per heavy atom. The molecule has 0 amide bonds. The molecule has 2 N–H and O–H groups in total. The Bertz CT molecular complexity index is 425. The number of rotatable bonds is 5. The van der Waals surface area contributed by atoms with Gasteiger partial charge in [-0.2, -0.15) is 11.8 Å². The highest BCUT2D eigenvalue weighted by Gasteiger charge is 2.25. The molecule has 18 heavy (non-hydrogen) atoms. The standard InChI is InChI=1S/C13H18N2O2S/c1-18-12-7-3-5-10(12)14-8-9-4-2-6-11(15-9)13(16)17/h2,4,6,10,12,14H,3,5,7-8H2,1H3,(H,16,17). The molecule has 4 nitrogen and oxygen atoms in total. The van der Waals surface area contributed by atoms with Crippen LogP contribution in [0.1, 0.15) is 35.4 Å². The van der Waals surface area contributed by atoms with Gasteiger partial charge in [-0.25, -0.2) is 9.78 Å². The van der Waals surface area contributed by atoms with Crippen LogP contribution in [0.5, 0.6) is 0 Å². The molecule has 0 aliphatic heterocycles. The monoisotopic (exact) mass is 266 g/mol. The van der Waals surface area contributed by atoms with Crippen molar-refractivity contribution in [2.45, 2.75) is 37.1 Å². The molecular formula is C13H18N2O2S. The van der Waals surface area contributed by atoms with Crippen LogP contribution in [0.25, 0.3) is 0 Å². The molecule has 1 saturated carbocycles. The molecule has 1 heterocycles. The lowest BCUT2D eigenvalue weighted by Crippen LogP contribution is -2.33. The molecule has 1 aliphatic rings. The van der Waals surface area contributed by atoms with E-state index < -0.39 is 5.97 Å². The van der Waals surface area contributed by atoms with Crippen LogP contribution in [0.15, 0.2) is 18.2 Å². The van der Waals surface area contributed by atoms with Crippen molar-refractivity contribution >= 4 is 17.7 Å². The Kier molecular flexibility index (Phi) is 4.60. The molecule has 0 aromatic carbocycles. The molecule has 2 atom stereocenters. The maximum absolute atomic E-state index is 10.8. The maximum atomic E-state index is 10.8. The Balaban J connectivity index is 1.93. The SMILES string of the molecule is CSC1CCCC1NCc1cccc(C(=O)O)n1. The van der Waals surface area contributed by atoms with Gasteiger partial charge in [-0.15, -0.1) is 0 Å². The number of carboxylic acid groups (broad SMARTS) is 1. The van der Waals surface area contributed by atoms with Crippen molar-refractivity contribution in [2.24, 2.45) is 0 Å². The lowest BCUT2D eigenvalue weighted by molar-refractivity contribution is 0.0690. The van der Waals surface area contributed by atoms with Crippen molar-refractivity contribution in [2.75, 3.05) is 6.26 Å². The third kappa shape index (κ3) is 3.23. The summed E-state index contributed by atoms with van der Waals surface area (Å²) in [7, 11) is 0. The fourth-order valence-corrected chi connectivity index (χ4v) is 3.34. The van der Waals surface area contributed by atoms with Crippen molar-refractivity contribution in [3.05, 3.63) is 29.6 Å². The third-order valence-corrected chi connectivity index (χ3v) is 4.50. The van der Waals surface area contributed by atoms with Crippen LogP contribution >= 0.6 is 11.8 Å². The largest absolute Gasteiger partial charge is 0.477 e. The normalized spacial score (nSPS) is 23.2. The number of aromatic carboxylic acids is 1. The van der Waals surface area contributed by atoms with E-state index in [-0.39, 0.29) is 5.69 Å². The van der Waals surface area contributed by atoms with Crippen LogP contribution in [0, 0.1) is 0 Å². The minimum Gasteiger partial charge on any atom is -0.477 e. The van der Waals surface area contributed by atoms with E-state index in [1.165, 1.54) is 25.3 Å². The van der Waals surface area contributed by atoms with Crippen LogP contribution in [0.2, 0.25) is 0 Å². The predicted molar refractivity (Wildman–Crippen MR) is 73.0 cm³/mol. The summed E-state index contributed by atoms with van der Waals surface area (Å²) < 4.78 is 0. The highest BCUT2D eigenvalue weighted by molar-refractivity contribution is 7.99. The lowest BCUT2D eigenvalue weighted by atomic mass is 10.2. The summed E-state index contributed by atoms with van der Waals surface area (Å²) in [5.74, 6) is -0.972. The first-order chi connectivity index (χ1) is 8.70. The van der Waals surface area contributed by atoms with E-state index in [0.717, 1.165) is 5.69 Å². The number of thioether (sulfide) groups is 1. The van der Waals surface area contributed by atoms with Gasteiger partial charge < -0.3 is 10.4 Å². The number of nitrogens with zero attached hydrogens (tertiary/aromatic N) is 1. The van der Waals surface area contributed by atoms with E-state index in [1.807, 2.05) is 17.8 Å². The molecule has 5 heteroatoms. The van der Waals surface area contributed by atoms with Gasteiger partial charge in [0.25, 0.3) is 0 Å². The van der Waals surface area contributed by atoms with E-state index in [0.29, 0.717) is 17.8 Å². The fourth-order valence-electron chi connectivity index (χ4n) is 2.37. The Labute approximate surface area is 111 Å². The number of pyridine rings is 1. The van der Waals surface area contributed by atoms with Gasteiger partial charge in [0.2, 0.25) is 0 Å². The van der Waals surface area contributed by atoms with Crippen LogP contribution in [-0.2, 0) is 6.54 Å². The minimum atomic E-state index is -0.972. The molecule has 2 unspecified atom stereocenters. The first kappa shape index (κ1) is 13.4. The van der Waals surface area contributed by atoms with Gasteiger partial charge in [0.1, 0.15) is 5.69 Å². The first-order valence-electron chi connectivity index (χ1n) is 6.16. The summed E-state index contributed by atoms with van der Waals surface area (Å²) >= 11 is 1.91. The second kappa shape index (κ2) is 6.20. The number of hydrogen-bond donors (Lipinski definition) is 2. The number of aromatic nitrogens is 1. The molecule has 1 aromatic heterocycles. The molecular weight excluding hydrogens is 248 g/mol. The summed E-state index contributed by atoms with van der Waals surface area (Å²) in [5, 5.41) is 13.0. The molecule has 0 saturated heterocycles. The number of carboxylic acids is 1. The van der Waals surface area contributed by atoms with Crippen molar-refractivity contribution in [3.8, 4) is 0 Å². The van der Waals surface area contributed by atoms with Gasteiger partial charge in [-0.3, -0.25) is 0 Å². The molecule has 0 bridgehead atoms. The first-order valence-corrected chi connectivity index (χ1v) is 7.45. The third-order valence-electron chi connectivity index (χ3n) is 3.33. The zero-order chi connectivity index (χ0) is 13.0. The zero-order valence-electron chi connectivity index (χ0n) is 10.4. The second-order valence-corrected chi connectivity index (χ2v) is 5.59. The van der Waals surface area contributed by atoms with Gasteiger partial charge in [-0.1, -0.05) is 12.5 Å². The smallest absolute Gasteiger partial charge is 0.354 e. The highest BCUT2D eigenvalue weighted by Crippen LogP contribution is 2.28. The van der Waals surface area contributed by atoms with E-state index in [1.54, 1.807) is 6.07 Å². The summed E-state index contributed by atoms with van der Waals surface area (Å²) in [6, 6.07) is 5.65. The molecule has 1 aromatic rings. The Hall–Kier alpha value is -1.07. The Morgan fingerprint density at radius 1 is 1.56 bits per heavy atom. The molecule has 0 radical (unpaired) electrons. The van der Waals surface area contributed by atoms with Crippen LogP contribution in [0.3, 0.4) is 0 Å². The van der Waals surface area contributed by atoms with Crippen LogP contribution < -0.4 is 5.32 Å². The highest BCUT2D eigenvalue weighted by atomic mass is 32.2. The molecule has 0 spiro atoms. The van der Waals surface area contributed by atoms with Gasteiger partial charge in [0.05, 0.1) is 5.69 Å².